The molecule has 2 nitrogen and oxygen atoms in total. The van der Waals surface area contributed by atoms with Gasteiger partial charge in [0.05, 0.1) is 11.2 Å². The maximum Gasteiger partial charge on any atom is 0.105 e. The molecule has 0 spiro atoms. The molecule has 4 atom stereocenters. The lowest BCUT2D eigenvalue weighted by atomic mass is 10.00. The molecular weight excluding hydrogens is 512 g/mol. The van der Waals surface area contributed by atoms with Gasteiger partial charge in [0.1, 0.15) is 12.2 Å². The highest BCUT2D eigenvalue weighted by Gasteiger charge is 2.50. The largest absolute Gasteiger partial charge is 0.362 e. The average molecular weight is 569 g/mol. The summed E-state index contributed by atoms with van der Waals surface area (Å²) in [5, 5.41) is 0. The number of ether oxygens (including phenoxy) is 2. The van der Waals surface area contributed by atoms with Gasteiger partial charge in [0, 0.05) is 0 Å². The van der Waals surface area contributed by atoms with Crippen molar-refractivity contribution in [2.75, 3.05) is 0 Å². The van der Waals surface area contributed by atoms with Crippen LogP contribution in [-0.2, 0) is 9.47 Å². The third kappa shape index (κ3) is 14.3. The first-order chi connectivity index (χ1) is 19.8. The van der Waals surface area contributed by atoms with Crippen LogP contribution in [0.15, 0.2) is 131 Å². The van der Waals surface area contributed by atoms with Crippen LogP contribution < -0.4 is 0 Å². The minimum absolute atomic E-state index is 0.000544. The first kappa shape index (κ1) is 35.3. The normalized spacial score (nSPS) is 27.3. The van der Waals surface area contributed by atoms with Crippen molar-refractivity contribution in [1.29, 1.82) is 0 Å². The van der Waals surface area contributed by atoms with Crippen LogP contribution in [0.5, 0.6) is 0 Å². The lowest BCUT2D eigenvalue weighted by Crippen LogP contribution is -2.07. The molecule has 2 aliphatic rings. The average Bonchev–Trinajstić information content (AvgIpc) is 3.77. The molecule has 0 aromatic carbocycles. The molecule has 2 fully saturated rings. The van der Waals surface area contributed by atoms with Crippen LogP contribution in [0.1, 0.15) is 94.9 Å². The first-order valence-electron chi connectivity index (χ1n) is 15.5. The highest BCUT2D eigenvalue weighted by molar-refractivity contribution is 5.32. The smallest absolute Gasteiger partial charge is 0.105 e. The molecule has 42 heavy (non-hydrogen) atoms. The fourth-order valence-corrected chi connectivity index (χ4v) is 4.51. The van der Waals surface area contributed by atoms with E-state index in [0.717, 1.165) is 25.7 Å². The Labute approximate surface area is 258 Å². The van der Waals surface area contributed by atoms with Crippen LogP contribution in [0.4, 0.5) is 0 Å². The summed E-state index contributed by atoms with van der Waals surface area (Å²) in [6, 6.07) is 0. The fourth-order valence-electron chi connectivity index (χ4n) is 4.51. The summed E-state index contributed by atoms with van der Waals surface area (Å²) < 4.78 is 11.9. The van der Waals surface area contributed by atoms with Crippen LogP contribution in [0.25, 0.3) is 0 Å². The van der Waals surface area contributed by atoms with Gasteiger partial charge in [-0.05, 0) is 94.9 Å². The quantitative estimate of drug-likeness (QED) is 0.105. The van der Waals surface area contributed by atoms with Crippen LogP contribution >= 0.6 is 0 Å². The predicted octanol–water partition coefficient (Wildman–Crippen LogP) is 11.4. The third-order valence-electron chi connectivity index (χ3n) is 7.60. The van der Waals surface area contributed by atoms with Crippen molar-refractivity contribution in [2.24, 2.45) is 0 Å². The first-order valence-corrected chi connectivity index (χ1v) is 15.5. The molecule has 0 amide bonds. The van der Waals surface area contributed by atoms with E-state index in [2.05, 4.69) is 166 Å². The van der Waals surface area contributed by atoms with Gasteiger partial charge >= 0.3 is 0 Å². The molecule has 2 aliphatic heterocycles. The van der Waals surface area contributed by atoms with Crippen molar-refractivity contribution < 1.29 is 9.47 Å². The Bertz CT molecular complexity index is 1130. The molecule has 0 aromatic rings. The molecule has 0 aromatic heterocycles. The molecule has 4 unspecified atom stereocenters. The van der Waals surface area contributed by atoms with Gasteiger partial charge in [-0.2, -0.15) is 0 Å². The molecular formula is C40H56O2. The topological polar surface area (TPSA) is 25.1 Å². The lowest BCUT2D eigenvalue weighted by molar-refractivity contribution is 0.303. The molecule has 2 heterocycles. The number of rotatable bonds is 16. The second-order valence-corrected chi connectivity index (χ2v) is 12.8. The van der Waals surface area contributed by atoms with E-state index in [9.17, 15) is 0 Å². The SMILES string of the molecule is CC(C)=CCCC1(C)OC1/C=C/C(C)=C/C=C/C(C)=C/C=C/C=C(C)/C=C/C=C(C)/C=C/C1OC1(C)CCC=C(C)C. The minimum atomic E-state index is -0.000544. The van der Waals surface area contributed by atoms with E-state index in [1.54, 1.807) is 0 Å². The molecule has 0 radical (unpaired) electrons. The van der Waals surface area contributed by atoms with E-state index in [1.807, 2.05) is 0 Å². The summed E-state index contributed by atoms with van der Waals surface area (Å²) in [6.07, 6.45) is 39.2. The summed E-state index contributed by atoms with van der Waals surface area (Å²) >= 11 is 0. The monoisotopic (exact) mass is 568 g/mol. The van der Waals surface area contributed by atoms with Gasteiger partial charge in [-0.1, -0.05) is 131 Å². The van der Waals surface area contributed by atoms with Crippen LogP contribution in [0.2, 0.25) is 0 Å². The Balaban J connectivity index is 1.73. The summed E-state index contributed by atoms with van der Waals surface area (Å²) in [6.45, 7) is 21.5. The summed E-state index contributed by atoms with van der Waals surface area (Å²) in [5.74, 6) is 0. The third-order valence-corrected chi connectivity index (χ3v) is 7.60. The van der Waals surface area contributed by atoms with Crippen LogP contribution in [0, 0.1) is 0 Å². The maximum atomic E-state index is 5.93. The zero-order valence-electron chi connectivity index (χ0n) is 28.0. The van der Waals surface area contributed by atoms with Crippen molar-refractivity contribution >= 4 is 0 Å². The minimum Gasteiger partial charge on any atom is -0.362 e. The van der Waals surface area contributed by atoms with Gasteiger partial charge < -0.3 is 9.47 Å². The predicted molar refractivity (Wildman–Crippen MR) is 185 cm³/mol. The number of epoxide rings is 2. The number of hydrogen-bond donors (Lipinski definition) is 0. The van der Waals surface area contributed by atoms with Crippen LogP contribution in [-0.4, -0.2) is 23.4 Å². The van der Waals surface area contributed by atoms with E-state index < -0.39 is 0 Å². The molecule has 0 saturated carbocycles. The van der Waals surface area contributed by atoms with Gasteiger partial charge in [0.15, 0.2) is 0 Å². The van der Waals surface area contributed by atoms with Crippen molar-refractivity contribution in [3.63, 3.8) is 0 Å². The Hall–Kier alpha value is -2.94. The van der Waals surface area contributed by atoms with Crippen molar-refractivity contribution in [3.05, 3.63) is 131 Å². The molecule has 2 rings (SSSR count). The van der Waals surface area contributed by atoms with E-state index in [0.29, 0.717) is 0 Å². The highest BCUT2D eigenvalue weighted by Crippen LogP contribution is 2.42. The van der Waals surface area contributed by atoms with E-state index in [-0.39, 0.29) is 23.4 Å². The number of allylic oxidation sites excluding steroid dienone is 20. The number of hydrogen-bond acceptors (Lipinski definition) is 2. The summed E-state index contributed by atoms with van der Waals surface area (Å²) in [4.78, 5) is 0. The second kappa shape index (κ2) is 17.2. The van der Waals surface area contributed by atoms with E-state index >= 15 is 0 Å². The Morgan fingerprint density at radius 3 is 1.19 bits per heavy atom. The molecule has 228 valence electrons. The van der Waals surface area contributed by atoms with Gasteiger partial charge in [-0.15, -0.1) is 0 Å². The lowest BCUT2D eigenvalue weighted by Gasteiger charge is -2.02. The van der Waals surface area contributed by atoms with E-state index in [1.165, 1.54) is 33.4 Å². The standard InChI is InChI=1S/C40H56O2/c1-31(2)17-15-29-39(9)37(41-39)27-25-35(7)23-13-21-33(5)19-11-12-20-34(6)22-14-24-36(8)26-28-38-40(10,42-38)30-16-18-32(3)4/h11-14,17-28,37-38H,15-16,29-30H2,1-10H3/b12-11+,21-13+,22-14+,27-25+,28-26+,33-19+,34-20+,35-23+,36-24+. The highest BCUT2D eigenvalue weighted by atomic mass is 16.6. The Kier molecular flexibility index (Phi) is 14.5. The van der Waals surface area contributed by atoms with Gasteiger partial charge in [0.2, 0.25) is 0 Å². The molecule has 2 saturated heterocycles. The van der Waals surface area contributed by atoms with Crippen LogP contribution in [0.3, 0.4) is 0 Å². The molecule has 0 aliphatic carbocycles. The van der Waals surface area contributed by atoms with Gasteiger partial charge in [0.25, 0.3) is 0 Å². The Morgan fingerprint density at radius 2 is 0.833 bits per heavy atom. The van der Waals surface area contributed by atoms with Crippen molar-refractivity contribution in [3.8, 4) is 0 Å². The van der Waals surface area contributed by atoms with Gasteiger partial charge in [-0.25, -0.2) is 0 Å². The fraction of sp³-hybridized carbons (Fsp3) is 0.450. The second-order valence-electron chi connectivity index (χ2n) is 12.8. The molecule has 0 N–H and O–H groups in total. The zero-order valence-corrected chi connectivity index (χ0v) is 28.0. The zero-order chi connectivity index (χ0) is 31.2. The summed E-state index contributed by atoms with van der Waals surface area (Å²) in [5.41, 5.74) is 7.59. The summed E-state index contributed by atoms with van der Waals surface area (Å²) in [7, 11) is 0. The van der Waals surface area contributed by atoms with Crippen molar-refractivity contribution in [1.82, 2.24) is 0 Å². The molecule has 0 bridgehead atoms. The van der Waals surface area contributed by atoms with Gasteiger partial charge in [-0.3, -0.25) is 0 Å². The maximum absolute atomic E-state index is 5.93. The van der Waals surface area contributed by atoms with E-state index in [4.69, 9.17) is 9.47 Å². The van der Waals surface area contributed by atoms with Crippen molar-refractivity contribution in [2.45, 2.75) is 118 Å². The Morgan fingerprint density at radius 1 is 0.500 bits per heavy atom. The molecule has 2 heteroatoms.